The van der Waals surface area contributed by atoms with E-state index in [2.05, 4.69) is 9.88 Å². The number of morpholine rings is 1. The quantitative estimate of drug-likeness (QED) is 0.848. The van der Waals surface area contributed by atoms with Gasteiger partial charge in [-0.05, 0) is 32.9 Å². The van der Waals surface area contributed by atoms with E-state index in [4.69, 9.17) is 4.74 Å². The summed E-state index contributed by atoms with van der Waals surface area (Å²) in [6, 6.07) is 0. The molecule has 3 heterocycles. The van der Waals surface area contributed by atoms with Crippen molar-refractivity contribution in [1.82, 2.24) is 14.8 Å². The molecule has 5 nitrogen and oxygen atoms in total. The number of ether oxygens (including phenoxy) is 1. The van der Waals surface area contributed by atoms with Gasteiger partial charge in [0, 0.05) is 13.1 Å². The van der Waals surface area contributed by atoms with Gasteiger partial charge in [0.15, 0.2) is 0 Å². The summed E-state index contributed by atoms with van der Waals surface area (Å²) in [7, 11) is 0. The molecule has 6 heteroatoms. The summed E-state index contributed by atoms with van der Waals surface area (Å²) >= 11 is 1.56. The van der Waals surface area contributed by atoms with Crippen LogP contribution in [0.2, 0.25) is 0 Å². The van der Waals surface area contributed by atoms with Gasteiger partial charge in [-0.25, -0.2) is 4.98 Å². The van der Waals surface area contributed by atoms with Gasteiger partial charge in [0.25, 0.3) is 5.91 Å². The number of aromatic nitrogens is 1. The zero-order chi connectivity index (χ0) is 13.9. The number of carbonyl (C=O) groups is 1. The number of amides is 1. The number of aryl methyl sites for hydroxylation is 1. The van der Waals surface area contributed by atoms with Crippen LogP contribution in [0.1, 0.15) is 33.2 Å². The van der Waals surface area contributed by atoms with Gasteiger partial charge >= 0.3 is 0 Å². The van der Waals surface area contributed by atoms with E-state index < -0.39 is 0 Å². The number of thiazole rings is 1. The molecular weight excluding hydrogens is 274 g/mol. The Morgan fingerprint density at radius 2 is 1.95 bits per heavy atom. The molecule has 2 aliphatic rings. The molecule has 3 rings (SSSR count). The third kappa shape index (κ3) is 3.02. The van der Waals surface area contributed by atoms with Crippen LogP contribution >= 0.6 is 11.3 Å². The van der Waals surface area contributed by atoms with Crippen molar-refractivity contribution in [2.45, 2.75) is 26.3 Å². The Morgan fingerprint density at radius 3 is 2.65 bits per heavy atom. The molecular formula is C14H21N3O2S. The van der Waals surface area contributed by atoms with Gasteiger partial charge in [-0.1, -0.05) is 0 Å². The first kappa shape index (κ1) is 14.0. The Kier molecular flexibility index (Phi) is 4.33. The highest BCUT2D eigenvalue weighted by molar-refractivity contribution is 7.13. The van der Waals surface area contributed by atoms with Gasteiger partial charge in [-0.3, -0.25) is 9.69 Å². The van der Waals surface area contributed by atoms with E-state index in [0.717, 1.165) is 35.2 Å². The van der Waals surface area contributed by atoms with Crippen molar-refractivity contribution < 1.29 is 9.53 Å². The topological polar surface area (TPSA) is 45.7 Å². The lowest BCUT2D eigenvalue weighted by molar-refractivity contribution is 0.0305. The Hall–Kier alpha value is -0.980. The third-order valence-corrected chi connectivity index (χ3v) is 5.02. The molecule has 0 spiro atoms. The van der Waals surface area contributed by atoms with Crippen LogP contribution in [-0.4, -0.2) is 60.1 Å². The molecule has 0 aliphatic carbocycles. The number of carbonyl (C=O) groups excluding carboxylic acids is 1. The lowest BCUT2D eigenvalue weighted by Gasteiger charge is -2.26. The normalized spacial score (nSPS) is 20.6. The molecule has 110 valence electrons. The predicted molar refractivity (Wildman–Crippen MR) is 78.1 cm³/mol. The van der Waals surface area contributed by atoms with E-state index in [1.807, 2.05) is 11.8 Å². The number of hydrogen-bond donors (Lipinski definition) is 0. The highest BCUT2D eigenvalue weighted by atomic mass is 32.1. The minimum atomic E-state index is 0.121. The van der Waals surface area contributed by atoms with Crippen LogP contribution < -0.4 is 0 Å². The lowest BCUT2D eigenvalue weighted by atomic mass is 10.3. The maximum Gasteiger partial charge on any atom is 0.266 e. The smallest absolute Gasteiger partial charge is 0.266 e. The summed E-state index contributed by atoms with van der Waals surface area (Å²) in [5.41, 5.74) is 0.876. The van der Waals surface area contributed by atoms with Gasteiger partial charge in [0.05, 0.1) is 25.5 Å². The van der Waals surface area contributed by atoms with E-state index in [0.29, 0.717) is 26.3 Å². The first-order chi connectivity index (χ1) is 9.74. The van der Waals surface area contributed by atoms with Crippen molar-refractivity contribution in [3.05, 3.63) is 15.6 Å². The fraction of sp³-hybridized carbons (Fsp3) is 0.714. The maximum atomic E-state index is 12.5. The number of nitrogens with zero attached hydrogens (tertiary/aromatic N) is 3. The molecule has 0 radical (unpaired) electrons. The second kappa shape index (κ2) is 6.20. The monoisotopic (exact) mass is 295 g/mol. The largest absolute Gasteiger partial charge is 0.378 e. The molecule has 1 aromatic heterocycles. The molecule has 0 aromatic carbocycles. The van der Waals surface area contributed by atoms with Crippen molar-refractivity contribution in [2.75, 3.05) is 39.4 Å². The van der Waals surface area contributed by atoms with Gasteiger partial charge in [-0.2, -0.15) is 0 Å². The highest BCUT2D eigenvalue weighted by Crippen LogP contribution is 2.23. The third-order valence-electron chi connectivity index (χ3n) is 3.89. The second-order valence-corrected chi connectivity index (χ2v) is 6.49. The molecule has 0 N–H and O–H groups in total. The van der Waals surface area contributed by atoms with E-state index in [-0.39, 0.29) is 5.91 Å². The van der Waals surface area contributed by atoms with E-state index in [9.17, 15) is 4.79 Å². The van der Waals surface area contributed by atoms with Crippen molar-refractivity contribution in [1.29, 1.82) is 0 Å². The fourth-order valence-electron chi connectivity index (χ4n) is 2.76. The van der Waals surface area contributed by atoms with E-state index >= 15 is 0 Å². The lowest BCUT2D eigenvalue weighted by Crippen LogP contribution is -2.40. The van der Waals surface area contributed by atoms with Gasteiger partial charge in [-0.15, -0.1) is 11.3 Å². The number of rotatable bonds is 3. The van der Waals surface area contributed by atoms with E-state index in [1.54, 1.807) is 11.3 Å². The van der Waals surface area contributed by atoms with Gasteiger partial charge in [0.1, 0.15) is 9.88 Å². The van der Waals surface area contributed by atoms with Crippen molar-refractivity contribution >= 4 is 17.2 Å². The Balaban J connectivity index is 1.69. The maximum absolute atomic E-state index is 12.5. The molecule has 0 saturated carbocycles. The summed E-state index contributed by atoms with van der Waals surface area (Å²) in [5.74, 6) is 0.121. The zero-order valence-electron chi connectivity index (χ0n) is 11.9. The fourth-order valence-corrected chi connectivity index (χ4v) is 3.84. The summed E-state index contributed by atoms with van der Waals surface area (Å²) in [6.45, 7) is 7.82. The van der Waals surface area contributed by atoms with Crippen LogP contribution in [0.5, 0.6) is 0 Å². The predicted octanol–water partition coefficient (Wildman–Crippen LogP) is 1.52. The van der Waals surface area contributed by atoms with Crippen molar-refractivity contribution in [3.63, 3.8) is 0 Å². The molecule has 0 unspecified atom stereocenters. The molecule has 20 heavy (non-hydrogen) atoms. The molecule has 0 atom stereocenters. The molecule has 2 aliphatic heterocycles. The summed E-state index contributed by atoms with van der Waals surface area (Å²) in [4.78, 5) is 22.2. The zero-order valence-corrected chi connectivity index (χ0v) is 12.7. The van der Waals surface area contributed by atoms with E-state index in [1.165, 1.54) is 12.8 Å². The first-order valence-electron chi connectivity index (χ1n) is 7.30. The minimum Gasteiger partial charge on any atom is -0.378 e. The number of likely N-dealkylation sites (tertiary alicyclic amines) is 1. The minimum absolute atomic E-state index is 0.121. The van der Waals surface area contributed by atoms with Crippen molar-refractivity contribution in [3.8, 4) is 0 Å². The standard InChI is InChI=1S/C14H21N3O2S/c1-11-13(14(18)17-6-8-19-9-7-17)20-12(15-11)10-16-4-2-3-5-16/h2-10H2,1H3. The van der Waals surface area contributed by atoms with Crippen LogP contribution in [0.15, 0.2) is 0 Å². The molecule has 2 saturated heterocycles. The molecule has 1 aromatic rings. The van der Waals surface area contributed by atoms with Crippen LogP contribution in [0, 0.1) is 6.92 Å². The Bertz CT molecular complexity index is 477. The summed E-state index contributed by atoms with van der Waals surface area (Å²) in [6.07, 6.45) is 2.56. The molecule has 1 amide bonds. The first-order valence-corrected chi connectivity index (χ1v) is 8.11. The molecule has 0 bridgehead atoms. The van der Waals surface area contributed by atoms with Crippen molar-refractivity contribution in [2.24, 2.45) is 0 Å². The average molecular weight is 295 g/mol. The van der Waals surface area contributed by atoms with Gasteiger partial charge in [0.2, 0.25) is 0 Å². The highest BCUT2D eigenvalue weighted by Gasteiger charge is 2.24. The van der Waals surface area contributed by atoms with Crippen LogP contribution in [0.3, 0.4) is 0 Å². The van der Waals surface area contributed by atoms with Crippen LogP contribution in [-0.2, 0) is 11.3 Å². The Morgan fingerprint density at radius 1 is 1.25 bits per heavy atom. The number of hydrogen-bond acceptors (Lipinski definition) is 5. The summed E-state index contributed by atoms with van der Waals surface area (Å²) in [5, 5.41) is 1.07. The SMILES string of the molecule is Cc1nc(CN2CCCC2)sc1C(=O)N1CCOCC1. The average Bonchev–Trinajstić information content (AvgIpc) is 3.09. The molecule has 2 fully saturated rings. The second-order valence-electron chi connectivity index (χ2n) is 5.41. The Labute approximate surface area is 123 Å². The van der Waals surface area contributed by atoms with Crippen LogP contribution in [0.25, 0.3) is 0 Å². The summed E-state index contributed by atoms with van der Waals surface area (Å²) < 4.78 is 5.30. The van der Waals surface area contributed by atoms with Gasteiger partial charge < -0.3 is 9.64 Å². The van der Waals surface area contributed by atoms with Crippen LogP contribution in [0.4, 0.5) is 0 Å².